The van der Waals surface area contributed by atoms with Crippen molar-refractivity contribution in [3.8, 4) is 0 Å². The summed E-state index contributed by atoms with van der Waals surface area (Å²) in [5.74, 6) is -0.523. The summed E-state index contributed by atoms with van der Waals surface area (Å²) in [5.41, 5.74) is 3.67. The van der Waals surface area contributed by atoms with Crippen LogP contribution in [0.3, 0.4) is 0 Å². The molecule has 3 atom stereocenters. The van der Waals surface area contributed by atoms with Crippen molar-refractivity contribution in [3.05, 3.63) is 71.2 Å². The maximum absolute atomic E-state index is 14.1. The highest BCUT2D eigenvalue weighted by atomic mass is 19.1. The number of halogens is 1. The quantitative estimate of drug-likeness (QED) is 0.354. The minimum absolute atomic E-state index is 0.00988. The summed E-state index contributed by atoms with van der Waals surface area (Å²) in [5, 5.41) is 10.1. The number of hydrogen-bond donors (Lipinski definition) is 4. The molecule has 4 N–H and O–H groups in total. The molecule has 2 fully saturated rings. The second kappa shape index (κ2) is 12.0. The summed E-state index contributed by atoms with van der Waals surface area (Å²) in [6, 6.07) is 11.7. The zero-order chi connectivity index (χ0) is 30.1. The van der Waals surface area contributed by atoms with Crippen LogP contribution in [0.5, 0.6) is 0 Å². The lowest BCUT2D eigenvalue weighted by Gasteiger charge is -2.41. The van der Waals surface area contributed by atoms with Crippen LogP contribution in [0.2, 0.25) is 0 Å². The number of amides is 4. The first-order valence-electron chi connectivity index (χ1n) is 15.4. The van der Waals surface area contributed by atoms with E-state index in [0.717, 1.165) is 55.2 Å². The number of aromatic amines is 1. The summed E-state index contributed by atoms with van der Waals surface area (Å²) in [6.07, 6.45) is 6.20. The van der Waals surface area contributed by atoms with E-state index in [9.17, 15) is 18.8 Å². The Kier molecular flexibility index (Phi) is 8.13. The van der Waals surface area contributed by atoms with Crippen LogP contribution >= 0.6 is 0 Å². The zero-order valence-electron chi connectivity index (χ0n) is 24.9. The molecule has 0 radical (unpaired) electrons. The Bertz CT molecular complexity index is 1510. The minimum atomic E-state index is -0.784. The Hall–Kier alpha value is -3.92. The molecule has 1 aromatic heterocycles. The van der Waals surface area contributed by atoms with Gasteiger partial charge >= 0.3 is 6.03 Å². The highest BCUT2D eigenvalue weighted by Crippen LogP contribution is 2.52. The molecular formula is C33H41FN6O3. The summed E-state index contributed by atoms with van der Waals surface area (Å²) < 4.78 is 13.8. The molecule has 1 spiro atoms. The highest BCUT2D eigenvalue weighted by molar-refractivity contribution is 5.90. The predicted octanol–water partition coefficient (Wildman–Crippen LogP) is 3.41. The van der Waals surface area contributed by atoms with Crippen LogP contribution in [0.25, 0.3) is 10.9 Å². The van der Waals surface area contributed by atoms with Gasteiger partial charge in [-0.1, -0.05) is 24.3 Å². The molecule has 0 unspecified atom stereocenters. The number of piperidine rings is 2. The van der Waals surface area contributed by atoms with Gasteiger partial charge in [-0.05, 0) is 73.5 Å². The minimum Gasteiger partial charge on any atom is -0.361 e. The van der Waals surface area contributed by atoms with Crippen molar-refractivity contribution in [2.24, 2.45) is 0 Å². The van der Waals surface area contributed by atoms with Crippen molar-refractivity contribution >= 4 is 28.7 Å². The molecule has 2 aliphatic heterocycles. The molecule has 0 saturated carbocycles. The van der Waals surface area contributed by atoms with Crippen LogP contribution in [0, 0.1) is 5.82 Å². The van der Waals surface area contributed by atoms with Gasteiger partial charge in [0.2, 0.25) is 11.8 Å². The smallest absolute Gasteiger partial charge is 0.315 e. The van der Waals surface area contributed by atoms with Gasteiger partial charge in [-0.3, -0.25) is 9.59 Å². The molecule has 9 nitrogen and oxygen atoms in total. The third kappa shape index (κ3) is 5.85. The number of nitrogens with zero attached hydrogens (tertiary/aromatic N) is 2. The number of rotatable bonds is 6. The van der Waals surface area contributed by atoms with Crippen molar-refractivity contribution in [2.75, 3.05) is 40.3 Å². The molecule has 10 heteroatoms. The number of H-pyrrole nitrogens is 1. The van der Waals surface area contributed by atoms with Gasteiger partial charge in [0.05, 0.1) is 5.92 Å². The molecule has 3 aromatic rings. The number of likely N-dealkylation sites (N-methyl/N-ethyl adjacent to an activating group) is 1. The first-order chi connectivity index (χ1) is 20.7. The van der Waals surface area contributed by atoms with E-state index in [1.165, 1.54) is 17.7 Å². The summed E-state index contributed by atoms with van der Waals surface area (Å²) in [6.45, 7) is 2.73. The van der Waals surface area contributed by atoms with Crippen LogP contribution in [0.15, 0.2) is 48.7 Å². The second-order valence-electron chi connectivity index (χ2n) is 12.6. The van der Waals surface area contributed by atoms with E-state index in [1.54, 1.807) is 31.3 Å². The number of urea groups is 1. The van der Waals surface area contributed by atoms with Crippen LogP contribution in [-0.4, -0.2) is 85.0 Å². The maximum atomic E-state index is 14.1. The molecule has 228 valence electrons. The third-order valence-electron chi connectivity index (χ3n) is 9.66. The van der Waals surface area contributed by atoms with Crippen LogP contribution in [-0.2, 0) is 21.4 Å². The van der Waals surface area contributed by atoms with E-state index in [0.29, 0.717) is 25.2 Å². The van der Waals surface area contributed by atoms with E-state index < -0.39 is 6.04 Å². The van der Waals surface area contributed by atoms with E-state index in [1.807, 2.05) is 17.0 Å². The number of carbonyl (C=O) groups excluding carboxylic acids is 3. The summed E-state index contributed by atoms with van der Waals surface area (Å²) in [7, 11) is 3.60. The fraction of sp³-hybridized carbons (Fsp3) is 0.485. The largest absolute Gasteiger partial charge is 0.361 e. The highest BCUT2D eigenvalue weighted by Gasteiger charge is 2.48. The number of carbonyl (C=O) groups is 3. The van der Waals surface area contributed by atoms with Crippen molar-refractivity contribution in [2.45, 2.75) is 61.9 Å². The standard InChI is InChI=1S/C33H41FN6O3/c1-39(2)30(41)26-18-33(27-8-4-3-7-25(26)27)11-14-40(15-12-33)31(42)29(38-32(43)37-23-6-5-13-35-20-23)16-21-19-36-28-17-22(34)9-10-24(21)28/h3-4,7-10,17,19,23,26,29,35-36H,5-6,11-16,18,20H2,1-2H3,(H2,37,38,43)/t23-,26-,29-/m1/s1. The van der Waals surface area contributed by atoms with Gasteiger partial charge in [0.1, 0.15) is 11.9 Å². The van der Waals surface area contributed by atoms with Gasteiger partial charge in [-0.2, -0.15) is 0 Å². The average Bonchev–Trinajstić information content (AvgIpc) is 3.55. The SMILES string of the molecule is CN(C)C(=O)[C@@H]1CC2(CCN(C(=O)[C@@H](Cc3c[nH]c4cc(F)ccc34)NC(=O)N[C@@H]3CCCNC3)CC2)c2ccccc21. The first kappa shape index (κ1) is 29.2. The molecular weight excluding hydrogens is 547 g/mol. The zero-order valence-corrected chi connectivity index (χ0v) is 24.9. The molecule has 4 amide bonds. The molecule has 2 aromatic carbocycles. The summed E-state index contributed by atoms with van der Waals surface area (Å²) >= 11 is 0. The molecule has 2 saturated heterocycles. The second-order valence-corrected chi connectivity index (χ2v) is 12.6. The van der Waals surface area contributed by atoms with Gasteiger partial charge < -0.3 is 30.7 Å². The molecule has 1 aliphatic carbocycles. The van der Waals surface area contributed by atoms with Gasteiger partial charge in [0, 0.05) is 68.7 Å². The Morgan fingerprint density at radius 1 is 1.14 bits per heavy atom. The fourth-order valence-electron chi connectivity index (χ4n) is 7.38. The first-order valence-corrected chi connectivity index (χ1v) is 15.4. The Labute approximate surface area is 251 Å². The lowest BCUT2D eigenvalue weighted by Crippen LogP contribution is -2.57. The summed E-state index contributed by atoms with van der Waals surface area (Å²) in [4.78, 5) is 46.9. The van der Waals surface area contributed by atoms with Crippen molar-refractivity contribution < 1.29 is 18.8 Å². The number of fused-ring (bicyclic) bond motifs is 3. The normalized spacial score (nSPS) is 21.8. The molecule has 3 heterocycles. The van der Waals surface area contributed by atoms with E-state index >= 15 is 0 Å². The Balaban J connectivity index is 1.20. The van der Waals surface area contributed by atoms with Gasteiger partial charge in [0.25, 0.3) is 0 Å². The van der Waals surface area contributed by atoms with E-state index in [2.05, 4.69) is 33.1 Å². The van der Waals surface area contributed by atoms with Crippen LogP contribution in [0.1, 0.15) is 54.7 Å². The van der Waals surface area contributed by atoms with Gasteiger partial charge in [-0.15, -0.1) is 0 Å². The lowest BCUT2D eigenvalue weighted by atomic mass is 9.73. The van der Waals surface area contributed by atoms with Crippen molar-refractivity contribution in [1.82, 2.24) is 30.7 Å². The number of aromatic nitrogens is 1. The predicted molar refractivity (Wildman–Crippen MR) is 163 cm³/mol. The van der Waals surface area contributed by atoms with E-state index in [4.69, 9.17) is 0 Å². The number of benzene rings is 2. The van der Waals surface area contributed by atoms with Crippen molar-refractivity contribution in [1.29, 1.82) is 0 Å². The van der Waals surface area contributed by atoms with Crippen molar-refractivity contribution in [3.63, 3.8) is 0 Å². The molecule has 43 heavy (non-hydrogen) atoms. The lowest BCUT2D eigenvalue weighted by molar-refractivity contribution is -0.135. The fourth-order valence-corrected chi connectivity index (χ4v) is 7.38. The Morgan fingerprint density at radius 2 is 1.93 bits per heavy atom. The van der Waals surface area contributed by atoms with E-state index in [-0.39, 0.29) is 47.5 Å². The monoisotopic (exact) mass is 588 g/mol. The average molecular weight is 589 g/mol. The number of nitrogens with one attached hydrogen (secondary N) is 4. The Morgan fingerprint density at radius 3 is 2.67 bits per heavy atom. The molecule has 6 rings (SSSR count). The molecule has 0 bridgehead atoms. The maximum Gasteiger partial charge on any atom is 0.315 e. The number of hydrogen-bond acceptors (Lipinski definition) is 4. The van der Waals surface area contributed by atoms with Gasteiger partial charge in [-0.25, -0.2) is 9.18 Å². The topological polar surface area (TPSA) is 110 Å². The van der Waals surface area contributed by atoms with Crippen LogP contribution < -0.4 is 16.0 Å². The van der Waals surface area contributed by atoms with Crippen LogP contribution in [0.4, 0.5) is 9.18 Å². The molecule has 3 aliphatic rings. The van der Waals surface area contributed by atoms with Gasteiger partial charge in [0.15, 0.2) is 0 Å². The number of likely N-dealkylation sites (tertiary alicyclic amines) is 1. The third-order valence-corrected chi connectivity index (χ3v) is 9.66.